The number of unbranched alkanes of at least 4 members (excludes halogenated alkanes) is 1. The molecule has 102 valence electrons. The van der Waals surface area contributed by atoms with Crippen molar-refractivity contribution in [2.75, 3.05) is 25.4 Å². The highest BCUT2D eigenvalue weighted by Crippen LogP contribution is 2.00. The summed E-state index contributed by atoms with van der Waals surface area (Å²) < 4.78 is 1.70. The lowest BCUT2D eigenvalue weighted by Crippen LogP contribution is -2.28. The van der Waals surface area contributed by atoms with Gasteiger partial charge in [0, 0.05) is 24.5 Å². The van der Waals surface area contributed by atoms with E-state index in [1.807, 2.05) is 0 Å². The summed E-state index contributed by atoms with van der Waals surface area (Å²) in [5.41, 5.74) is 6.36. The van der Waals surface area contributed by atoms with Crippen LogP contribution in [0.1, 0.15) is 33.1 Å². The number of aromatic nitrogens is 1. The number of anilines is 1. The van der Waals surface area contributed by atoms with Gasteiger partial charge in [-0.1, -0.05) is 20.3 Å². The SMILES string of the molecule is CCCCN(CC)CCCn1cc(N)ccc1=O. The van der Waals surface area contributed by atoms with Gasteiger partial charge in [0.25, 0.3) is 5.56 Å². The number of nitrogens with zero attached hydrogens (tertiary/aromatic N) is 2. The molecule has 0 saturated carbocycles. The Balaban J connectivity index is 2.40. The van der Waals surface area contributed by atoms with Crippen LogP contribution in [0.4, 0.5) is 5.69 Å². The van der Waals surface area contributed by atoms with Gasteiger partial charge in [-0.05, 0) is 38.5 Å². The van der Waals surface area contributed by atoms with Crippen molar-refractivity contribution in [1.82, 2.24) is 9.47 Å². The van der Waals surface area contributed by atoms with E-state index in [1.54, 1.807) is 16.8 Å². The normalized spacial score (nSPS) is 11.1. The molecule has 0 unspecified atom stereocenters. The number of rotatable bonds is 8. The molecule has 0 saturated heterocycles. The lowest BCUT2D eigenvalue weighted by atomic mass is 10.3. The van der Waals surface area contributed by atoms with E-state index in [-0.39, 0.29) is 5.56 Å². The standard InChI is InChI=1S/C14H25N3O/c1-3-5-9-16(4-2)10-6-11-17-12-13(15)7-8-14(17)18/h7-8,12H,3-6,9-11,15H2,1-2H3. The minimum atomic E-state index is 0.0285. The highest BCUT2D eigenvalue weighted by molar-refractivity contribution is 5.33. The van der Waals surface area contributed by atoms with Gasteiger partial charge in [0.2, 0.25) is 0 Å². The van der Waals surface area contributed by atoms with E-state index in [1.165, 1.54) is 18.9 Å². The molecule has 0 aliphatic carbocycles. The Labute approximate surface area is 109 Å². The van der Waals surface area contributed by atoms with Crippen LogP contribution in [0.5, 0.6) is 0 Å². The monoisotopic (exact) mass is 251 g/mol. The number of nitrogen functional groups attached to an aromatic ring is 1. The zero-order chi connectivity index (χ0) is 13.4. The van der Waals surface area contributed by atoms with Crippen molar-refractivity contribution in [1.29, 1.82) is 0 Å². The van der Waals surface area contributed by atoms with Crippen molar-refractivity contribution >= 4 is 5.69 Å². The summed E-state index contributed by atoms with van der Waals surface area (Å²) in [6.07, 6.45) is 5.18. The highest BCUT2D eigenvalue weighted by atomic mass is 16.1. The summed E-state index contributed by atoms with van der Waals surface area (Å²) in [6, 6.07) is 3.18. The molecular weight excluding hydrogens is 226 g/mol. The van der Waals surface area contributed by atoms with Crippen LogP contribution in [0.25, 0.3) is 0 Å². The molecule has 1 rings (SSSR count). The fourth-order valence-electron chi connectivity index (χ4n) is 2.00. The van der Waals surface area contributed by atoms with E-state index >= 15 is 0 Å². The van der Waals surface area contributed by atoms with Crippen molar-refractivity contribution in [2.24, 2.45) is 0 Å². The first-order chi connectivity index (χ1) is 8.67. The molecular formula is C14H25N3O. The third-order valence-electron chi connectivity index (χ3n) is 3.15. The summed E-state index contributed by atoms with van der Waals surface area (Å²) in [4.78, 5) is 14.0. The highest BCUT2D eigenvalue weighted by Gasteiger charge is 2.02. The van der Waals surface area contributed by atoms with Crippen LogP contribution in [0.2, 0.25) is 0 Å². The minimum absolute atomic E-state index is 0.0285. The summed E-state index contributed by atoms with van der Waals surface area (Å²) in [7, 11) is 0. The minimum Gasteiger partial charge on any atom is -0.398 e. The molecule has 1 heterocycles. The maximum Gasteiger partial charge on any atom is 0.250 e. The van der Waals surface area contributed by atoms with Gasteiger partial charge >= 0.3 is 0 Å². The van der Waals surface area contributed by atoms with Crippen LogP contribution < -0.4 is 11.3 Å². The van der Waals surface area contributed by atoms with Crippen molar-refractivity contribution in [3.05, 3.63) is 28.7 Å². The molecule has 4 heteroatoms. The third-order valence-corrected chi connectivity index (χ3v) is 3.15. The molecule has 2 N–H and O–H groups in total. The molecule has 1 aromatic rings. The molecule has 0 spiro atoms. The lowest BCUT2D eigenvalue weighted by molar-refractivity contribution is 0.274. The van der Waals surface area contributed by atoms with Crippen LogP contribution >= 0.6 is 0 Å². The first-order valence-electron chi connectivity index (χ1n) is 6.85. The lowest BCUT2D eigenvalue weighted by Gasteiger charge is -2.20. The third kappa shape index (κ3) is 4.92. The molecule has 0 amide bonds. The Hall–Kier alpha value is -1.29. The van der Waals surface area contributed by atoms with Gasteiger partial charge in [-0.2, -0.15) is 0 Å². The molecule has 1 aromatic heterocycles. The van der Waals surface area contributed by atoms with Gasteiger partial charge in [0.15, 0.2) is 0 Å². The fraction of sp³-hybridized carbons (Fsp3) is 0.643. The fourth-order valence-corrected chi connectivity index (χ4v) is 2.00. The molecule has 0 aliphatic rings. The smallest absolute Gasteiger partial charge is 0.250 e. The largest absolute Gasteiger partial charge is 0.398 e. The second-order valence-electron chi connectivity index (χ2n) is 4.64. The van der Waals surface area contributed by atoms with E-state index < -0.39 is 0 Å². The second kappa shape index (κ2) is 7.93. The van der Waals surface area contributed by atoms with Crippen molar-refractivity contribution < 1.29 is 0 Å². The van der Waals surface area contributed by atoms with E-state index in [9.17, 15) is 4.79 Å². The molecule has 18 heavy (non-hydrogen) atoms. The van der Waals surface area contributed by atoms with Crippen molar-refractivity contribution in [3.8, 4) is 0 Å². The van der Waals surface area contributed by atoms with Gasteiger partial charge in [-0.15, -0.1) is 0 Å². The van der Waals surface area contributed by atoms with Crippen LogP contribution in [0.3, 0.4) is 0 Å². The number of nitrogens with two attached hydrogens (primary N) is 1. The molecule has 0 fully saturated rings. The maximum absolute atomic E-state index is 11.6. The van der Waals surface area contributed by atoms with Crippen molar-refractivity contribution in [3.63, 3.8) is 0 Å². The Morgan fingerprint density at radius 2 is 1.94 bits per heavy atom. The van der Waals surface area contributed by atoms with Gasteiger partial charge in [0.05, 0.1) is 0 Å². The first kappa shape index (κ1) is 14.8. The second-order valence-corrected chi connectivity index (χ2v) is 4.64. The van der Waals surface area contributed by atoms with Crippen LogP contribution in [0, 0.1) is 0 Å². The number of hydrogen-bond acceptors (Lipinski definition) is 3. The van der Waals surface area contributed by atoms with Crippen molar-refractivity contribution in [2.45, 2.75) is 39.7 Å². The summed E-state index contributed by atoms with van der Waals surface area (Å²) in [6.45, 7) is 8.40. The Morgan fingerprint density at radius 3 is 2.61 bits per heavy atom. The average molecular weight is 251 g/mol. The molecule has 4 nitrogen and oxygen atoms in total. The summed E-state index contributed by atoms with van der Waals surface area (Å²) in [5, 5.41) is 0. The van der Waals surface area contributed by atoms with E-state index in [0.29, 0.717) is 5.69 Å². The molecule has 0 radical (unpaired) electrons. The maximum atomic E-state index is 11.6. The summed E-state index contributed by atoms with van der Waals surface area (Å²) in [5.74, 6) is 0. The Bertz CT molecular complexity index is 400. The number of pyridine rings is 1. The Kier molecular flexibility index (Phi) is 6.50. The van der Waals surface area contributed by atoms with E-state index in [4.69, 9.17) is 5.73 Å². The molecule has 0 atom stereocenters. The molecule has 0 aromatic carbocycles. The quantitative estimate of drug-likeness (QED) is 0.768. The van der Waals surface area contributed by atoms with Gasteiger partial charge in [-0.3, -0.25) is 4.79 Å². The topological polar surface area (TPSA) is 51.3 Å². The van der Waals surface area contributed by atoms with Crippen LogP contribution in [0.15, 0.2) is 23.1 Å². The van der Waals surface area contributed by atoms with Gasteiger partial charge < -0.3 is 15.2 Å². The predicted molar refractivity (Wildman–Crippen MR) is 76.8 cm³/mol. The zero-order valence-corrected chi connectivity index (χ0v) is 11.6. The first-order valence-corrected chi connectivity index (χ1v) is 6.85. The van der Waals surface area contributed by atoms with Gasteiger partial charge in [-0.25, -0.2) is 0 Å². The van der Waals surface area contributed by atoms with Gasteiger partial charge in [0.1, 0.15) is 0 Å². The number of hydrogen-bond donors (Lipinski definition) is 1. The van der Waals surface area contributed by atoms with E-state index in [0.717, 1.165) is 32.6 Å². The van der Waals surface area contributed by atoms with Crippen LogP contribution in [-0.4, -0.2) is 29.1 Å². The average Bonchev–Trinajstić information content (AvgIpc) is 2.37. The van der Waals surface area contributed by atoms with E-state index in [2.05, 4.69) is 18.7 Å². The molecule has 0 aliphatic heterocycles. The zero-order valence-electron chi connectivity index (χ0n) is 11.6. The van der Waals surface area contributed by atoms with Crippen LogP contribution in [-0.2, 0) is 6.54 Å². The predicted octanol–water partition coefficient (Wildman–Crippen LogP) is 1.94. The summed E-state index contributed by atoms with van der Waals surface area (Å²) >= 11 is 0. The Morgan fingerprint density at radius 1 is 1.22 bits per heavy atom. The number of aryl methyl sites for hydroxylation is 1. The molecule has 0 bridgehead atoms.